The van der Waals surface area contributed by atoms with Gasteiger partial charge in [0.15, 0.2) is 5.65 Å². The summed E-state index contributed by atoms with van der Waals surface area (Å²) in [7, 11) is 0. The molecule has 2 aromatic carbocycles. The minimum Gasteiger partial charge on any atom is -0.326 e. The molecule has 2 heterocycles. The van der Waals surface area contributed by atoms with E-state index in [1.54, 1.807) is 36.4 Å². The number of carbonyl (C=O) groups is 1. The molecule has 2 aromatic heterocycles. The molecule has 0 saturated carbocycles. The molecule has 30 heavy (non-hydrogen) atoms. The Labute approximate surface area is 169 Å². The lowest BCUT2D eigenvalue weighted by Crippen LogP contribution is -2.40. The predicted octanol–water partition coefficient (Wildman–Crippen LogP) is 3.99. The summed E-state index contributed by atoms with van der Waals surface area (Å²) in [5, 5.41) is 12.4. The summed E-state index contributed by atoms with van der Waals surface area (Å²) in [6.45, 7) is 3.45. The molecule has 0 aliphatic carbocycles. The smallest absolute Gasteiger partial charge is 0.326 e. The minimum atomic E-state index is -4.98. The number of tetrazole rings is 1. The summed E-state index contributed by atoms with van der Waals surface area (Å²) in [5.74, 6) is -1.91. The van der Waals surface area contributed by atoms with Gasteiger partial charge in [-0.2, -0.15) is 17.7 Å². The Morgan fingerprint density at radius 2 is 1.73 bits per heavy atom. The average Bonchev–Trinajstić information content (AvgIpc) is 3.19. The second-order valence-corrected chi connectivity index (χ2v) is 7.22. The Morgan fingerprint density at radius 1 is 1.03 bits per heavy atom. The molecule has 6 nitrogen and oxygen atoms in total. The number of fused-ring (bicyclic) bond motifs is 3. The van der Waals surface area contributed by atoms with Crippen molar-refractivity contribution in [3.05, 3.63) is 70.8 Å². The first kappa shape index (κ1) is 19.8. The number of alkyl halides is 3. The van der Waals surface area contributed by atoms with E-state index in [9.17, 15) is 18.0 Å². The van der Waals surface area contributed by atoms with Gasteiger partial charge in [0, 0.05) is 17.5 Å². The number of rotatable bonds is 4. The number of amides is 1. The van der Waals surface area contributed by atoms with Gasteiger partial charge in [0.05, 0.1) is 12.1 Å². The zero-order valence-electron chi connectivity index (χ0n) is 16.3. The van der Waals surface area contributed by atoms with E-state index in [-0.39, 0.29) is 13.1 Å². The van der Waals surface area contributed by atoms with Gasteiger partial charge in [0.25, 0.3) is 0 Å². The molecule has 154 valence electrons. The van der Waals surface area contributed by atoms with Crippen molar-refractivity contribution in [1.82, 2.24) is 24.9 Å². The van der Waals surface area contributed by atoms with E-state index < -0.39 is 12.1 Å². The molecular weight excluding hydrogens is 395 g/mol. The van der Waals surface area contributed by atoms with Gasteiger partial charge in [-0.05, 0) is 59.2 Å². The first-order valence-electron chi connectivity index (χ1n) is 9.25. The van der Waals surface area contributed by atoms with Crippen LogP contribution in [0.25, 0.3) is 16.6 Å². The number of hydrogen-bond acceptors (Lipinski definition) is 4. The summed E-state index contributed by atoms with van der Waals surface area (Å²) < 4.78 is 41.3. The number of halogens is 3. The standard InChI is InChI=1S/C21H18F3N5O/c1-13-8-16-10-17(19-25-26-27-29(19)18(16)9-14(13)2)12-28(20(30)21(22,23)24)11-15-6-4-3-5-7-15/h3-10H,11-12H2,1-2H3. The molecule has 0 aliphatic rings. The number of hydrogen-bond donors (Lipinski definition) is 0. The fourth-order valence-corrected chi connectivity index (χ4v) is 3.43. The molecule has 0 atom stereocenters. The molecule has 0 bridgehead atoms. The van der Waals surface area contributed by atoms with Crippen molar-refractivity contribution in [1.29, 1.82) is 0 Å². The molecule has 0 N–H and O–H groups in total. The Morgan fingerprint density at radius 3 is 2.43 bits per heavy atom. The zero-order valence-corrected chi connectivity index (χ0v) is 16.3. The van der Waals surface area contributed by atoms with Crippen LogP contribution in [-0.2, 0) is 17.9 Å². The maximum Gasteiger partial charge on any atom is 0.471 e. The Hall–Kier alpha value is -3.49. The summed E-state index contributed by atoms with van der Waals surface area (Å²) in [6, 6.07) is 14.2. The van der Waals surface area contributed by atoms with Crippen molar-refractivity contribution >= 4 is 22.5 Å². The van der Waals surface area contributed by atoms with Crippen molar-refractivity contribution in [2.75, 3.05) is 0 Å². The van der Waals surface area contributed by atoms with E-state index in [1.165, 1.54) is 4.52 Å². The highest BCUT2D eigenvalue weighted by atomic mass is 19.4. The van der Waals surface area contributed by atoms with Crippen LogP contribution in [0.15, 0.2) is 48.5 Å². The van der Waals surface area contributed by atoms with Crippen LogP contribution in [0, 0.1) is 13.8 Å². The molecular formula is C21H18F3N5O. The number of carbonyl (C=O) groups excluding carboxylic acids is 1. The topological polar surface area (TPSA) is 63.4 Å². The third kappa shape index (κ3) is 3.70. The Kier molecular flexibility index (Phi) is 4.89. The van der Waals surface area contributed by atoms with Gasteiger partial charge in [-0.25, -0.2) is 0 Å². The summed E-state index contributed by atoms with van der Waals surface area (Å²) in [5.41, 5.74) is 4.18. The molecule has 0 unspecified atom stereocenters. The summed E-state index contributed by atoms with van der Waals surface area (Å²) in [6.07, 6.45) is -4.98. The van der Waals surface area contributed by atoms with E-state index in [0.717, 1.165) is 26.9 Å². The lowest BCUT2D eigenvalue weighted by Gasteiger charge is -2.24. The fraction of sp³-hybridized carbons (Fsp3) is 0.238. The van der Waals surface area contributed by atoms with Gasteiger partial charge in [0.1, 0.15) is 0 Å². The maximum atomic E-state index is 13.3. The van der Waals surface area contributed by atoms with Crippen LogP contribution in [0.4, 0.5) is 13.2 Å². The molecule has 0 spiro atoms. The normalized spacial score (nSPS) is 11.9. The van der Waals surface area contributed by atoms with Crippen molar-refractivity contribution in [3.63, 3.8) is 0 Å². The first-order valence-corrected chi connectivity index (χ1v) is 9.25. The lowest BCUT2D eigenvalue weighted by atomic mass is 10.0. The van der Waals surface area contributed by atoms with E-state index >= 15 is 0 Å². The van der Waals surface area contributed by atoms with Crippen LogP contribution in [0.3, 0.4) is 0 Å². The monoisotopic (exact) mass is 413 g/mol. The molecule has 9 heteroatoms. The number of aryl methyl sites for hydroxylation is 2. The van der Waals surface area contributed by atoms with Gasteiger partial charge in [-0.1, -0.05) is 30.3 Å². The van der Waals surface area contributed by atoms with Crippen molar-refractivity contribution in [2.45, 2.75) is 33.1 Å². The Bertz CT molecular complexity index is 1230. The highest BCUT2D eigenvalue weighted by Gasteiger charge is 2.42. The zero-order chi connectivity index (χ0) is 21.5. The quantitative estimate of drug-likeness (QED) is 0.508. The van der Waals surface area contributed by atoms with Gasteiger partial charge in [0.2, 0.25) is 0 Å². The molecule has 0 fully saturated rings. The highest BCUT2D eigenvalue weighted by molar-refractivity contribution is 5.85. The van der Waals surface area contributed by atoms with Gasteiger partial charge in [-0.3, -0.25) is 4.79 Å². The average molecular weight is 413 g/mol. The molecule has 0 aliphatic heterocycles. The molecule has 0 radical (unpaired) electrons. The number of aromatic nitrogens is 4. The highest BCUT2D eigenvalue weighted by Crippen LogP contribution is 2.26. The van der Waals surface area contributed by atoms with E-state index in [2.05, 4.69) is 15.5 Å². The lowest BCUT2D eigenvalue weighted by molar-refractivity contribution is -0.186. The van der Waals surface area contributed by atoms with Gasteiger partial charge < -0.3 is 4.90 Å². The minimum absolute atomic E-state index is 0.183. The van der Waals surface area contributed by atoms with E-state index in [4.69, 9.17) is 0 Å². The van der Waals surface area contributed by atoms with Crippen LogP contribution in [0.2, 0.25) is 0 Å². The van der Waals surface area contributed by atoms with Gasteiger partial charge >= 0.3 is 12.1 Å². The SMILES string of the molecule is Cc1cc2cc(CN(Cc3ccccc3)C(=O)C(F)(F)F)c3nnnn3c2cc1C. The van der Waals surface area contributed by atoms with Crippen molar-refractivity contribution in [2.24, 2.45) is 0 Å². The Balaban J connectivity index is 1.81. The van der Waals surface area contributed by atoms with Crippen LogP contribution >= 0.6 is 0 Å². The fourth-order valence-electron chi connectivity index (χ4n) is 3.43. The predicted molar refractivity (Wildman–Crippen MR) is 105 cm³/mol. The second-order valence-electron chi connectivity index (χ2n) is 7.22. The third-order valence-electron chi connectivity index (χ3n) is 5.06. The van der Waals surface area contributed by atoms with Crippen LogP contribution in [0.1, 0.15) is 22.3 Å². The van der Waals surface area contributed by atoms with Crippen molar-refractivity contribution < 1.29 is 18.0 Å². The van der Waals surface area contributed by atoms with Gasteiger partial charge in [-0.15, -0.1) is 5.10 Å². The number of nitrogens with zero attached hydrogens (tertiary/aromatic N) is 5. The largest absolute Gasteiger partial charge is 0.471 e. The van der Waals surface area contributed by atoms with E-state index in [1.807, 2.05) is 26.0 Å². The van der Waals surface area contributed by atoms with Crippen LogP contribution in [0.5, 0.6) is 0 Å². The van der Waals surface area contributed by atoms with Crippen LogP contribution in [-0.4, -0.2) is 37.0 Å². The molecule has 1 amide bonds. The summed E-state index contributed by atoms with van der Waals surface area (Å²) >= 11 is 0. The second kappa shape index (κ2) is 7.40. The maximum absolute atomic E-state index is 13.3. The van der Waals surface area contributed by atoms with Crippen molar-refractivity contribution in [3.8, 4) is 0 Å². The first-order chi connectivity index (χ1) is 14.2. The molecule has 0 saturated heterocycles. The van der Waals surface area contributed by atoms with Crippen LogP contribution < -0.4 is 0 Å². The van der Waals surface area contributed by atoms with E-state index in [0.29, 0.717) is 16.8 Å². The molecule has 4 rings (SSSR count). The third-order valence-corrected chi connectivity index (χ3v) is 5.06. The number of benzene rings is 2. The molecule has 4 aromatic rings. The number of pyridine rings is 1. The summed E-state index contributed by atoms with van der Waals surface area (Å²) in [4.78, 5) is 12.9.